The number of rotatable bonds is 6. The number of imidazole rings is 2. The zero-order valence-corrected chi connectivity index (χ0v) is 20.4. The van der Waals surface area contributed by atoms with Crippen molar-refractivity contribution in [3.63, 3.8) is 0 Å². The molecule has 3 aromatic carbocycles. The van der Waals surface area contributed by atoms with E-state index in [0.29, 0.717) is 16.9 Å². The van der Waals surface area contributed by atoms with Crippen molar-refractivity contribution in [1.29, 1.82) is 5.26 Å². The third-order valence-electron chi connectivity index (χ3n) is 6.67. The van der Waals surface area contributed by atoms with E-state index < -0.39 is 0 Å². The molecule has 0 radical (unpaired) electrons. The van der Waals surface area contributed by atoms with Crippen molar-refractivity contribution in [2.75, 3.05) is 44.2 Å². The highest BCUT2D eigenvalue weighted by atomic mass is 32.1. The van der Waals surface area contributed by atoms with Crippen molar-refractivity contribution in [1.82, 2.24) is 24.8 Å². The van der Waals surface area contributed by atoms with E-state index in [9.17, 15) is 0 Å². The lowest BCUT2D eigenvalue weighted by Crippen LogP contribution is -2.47. The summed E-state index contributed by atoms with van der Waals surface area (Å²) in [6, 6.07) is 21.9. The van der Waals surface area contributed by atoms with E-state index in [-0.39, 0.29) is 0 Å². The van der Waals surface area contributed by atoms with E-state index in [0.717, 1.165) is 77.6 Å². The van der Waals surface area contributed by atoms with Gasteiger partial charge in [0, 0.05) is 38.3 Å². The van der Waals surface area contributed by atoms with Crippen LogP contribution in [0.2, 0.25) is 0 Å². The summed E-state index contributed by atoms with van der Waals surface area (Å²) in [4.78, 5) is 19.5. The predicted octanol–water partition coefficient (Wildman–Crippen LogP) is 4.84. The van der Waals surface area contributed by atoms with Gasteiger partial charge in [-0.25, -0.2) is 4.98 Å². The number of hydrogen-bond acceptors (Lipinski definition) is 6. The van der Waals surface area contributed by atoms with Crippen molar-refractivity contribution >= 4 is 40.0 Å². The van der Waals surface area contributed by atoms with E-state index in [1.165, 1.54) is 0 Å². The minimum absolute atomic E-state index is 0.605. The molecule has 2 aromatic heterocycles. The fourth-order valence-corrected chi connectivity index (χ4v) is 4.97. The first kappa shape index (κ1) is 22.3. The third-order valence-corrected chi connectivity index (χ3v) is 6.87. The number of nitrogens with zero attached hydrogens (tertiary/aromatic N) is 4. The fourth-order valence-electron chi connectivity index (χ4n) is 4.76. The first-order valence-electron chi connectivity index (χ1n) is 12.0. The molecule has 3 N–H and O–H groups in total. The molecule has 180 valence electrons. The Balaban J connectivity index is 1.10. The summed E-state index contributed by atoms with van der Waals surface area (Å²) in [5.41, 5.74) is 6.63. The summed E-state index contributed by atoms with van der Waals surface area (Å²) in [7, 11) is 0. The molecule has 0 spiro atoms. The number of H-pyrrole nitrogens is 3. The Kier molecular flexibility index (Phi) is 5.89. The number of fused-ring (bicyclic) bond motifs is 2. The number of nitriles is 1. The van der Waals surface area contributed by atoms with Gasteiger partial charge in [0.25, 0.3) is 0 Å². The maximum absolute atomic E-state index is 9.06. The Morgan fingerprint density at radius 2 is 1.69 bits per heavy atom. The Morgan fingerprint density at radius 1 is 0.917 bits per heavy atom. The molecule has 9 heteroatoms. The normalized spacial score (nSPS) is 14.4. The Bertz CT molecular complexity index is 1620. The van der Waals surface area contributed by atoms with Crippen LogP contribution in [0.15, 0.2) is 60.7 Å². The number of ether oxygens (including phenoxy) is 1. The molecule has 6 rings (SSSR count). The predicted molar refractivity (Wildman–Crippen MR) is 144 cm³/mol. The van der Waals surface area contributed by atoms with Gasteiger partial charge in [-0.2, -0.15) is 5.26 Å². The molecule has 0 amide bonds. The van der Waals surface area contributed by atoms with Crippen LogP contribution in [-0.2, 0) is 0 Å². The SMILES string of the molecule is N#Cc1ccc(-c2nc3c(N4CCN(CCOc5cccc6[nH]c(=S)[nH]c56)CC4)cccc3[nH]2)cc1. The third kappa shape index (κ3) is 4.33. The molecular formula is C27H25N7OS. The lowest BCUT2D eigenvalue weighted by molar-refractivity contribution is 0.201. The first-order valence-corrected chi connectivity index (χ1v) is 12.4. The lowest BCUT2D eigenvalue weighted by atomic mass is 10.1. The minimum atomic E-state index is 0.605. The van der Waals surface area contributed by atoms with Crippen molar-refractivity contribution in [3.05, 3.63) is 71.0 Å². The molecule has 1 aliphatic heterocycles. The topological polar surface area (TPSA) is 99.8 Å². The second-order valence-corrected chi connectivity index (χ2v) is 9.29. The number of aromatic nitrogens is 4. The number of hydrogen-bond donors (Lipinski definition) is 3. The molecular weight excluding hydrogens is 470 g/mol. The zero-order valence-electron chi connectivity index (χ0n) is 19.6. The van der Waals surface area contributed by atoms with Gasteiger partial charge in [0.1, 0.15) is 29.2 Å². The molecule has 0 atom stereocenters. The van der Waals surface area contributed by atoms with Crippen LogP contribution in [0.5, 0.6) is 5.75 Å². The van der Waals surface area contributed by atoms with Crippen LogP contribution < -0.4 is 9.64 Å². The second kappa shape index (κ2) is 9.49. The van der Waals surface area contributed by atoms with Gasteiger partial charge in [0.2, 0.25) is 0 Å². The van der Waals surface area contributed by atoms with Crippen LogP contribution >= 0.6 is 12.2 Å². The van der Waals surface area contributed by atoms with Gasteiger partial charge < -0.3 is 24.6 Å². The van der Waals surface area contributed by atoms with Crippen molar-refractivity contribution < 1.29 is 4.74 Å². The molecule has 0 bridgehead atoms. The van der Waals surface area contributed by atoms with E-state index in [2.05, 4.69) is 49.0 Å². The number of aromatic amines is 3. The Hall–Kier alpha value is -4.13. The monoisotopic (exact) mass is 495 g/mol. The van der Waals surface area contributed by atoms with Crippen LogP contribution in [0.1, 0.15) is 5.56 Å². The number of para-hydroxylation sites is 2. The molecule has 5 aromatic rings. The first-order chi connectivity index (χ1) is 17.7. The van der Waals surface area contributed by atoms with E-state index in [1.54, 1.807) is 0 Å². The maximum atomic E-state index is 9.06. The summed E-state index contributed by atoms with van der Waals surface area (Å²) in [6.45, 7) is 5.27. The van der Waals surface area contributed by atoms with Gasteiger partial charge in [-0.1, -0.05) is 12.1 Å². The standard InChI is InChI=1S/C27H25N7OS/c28-17-18-7-9-19(10-8-18)26-29-20-3-1-5-22(24(20)31-26)34-13-11-33(12-14-34)15-16-35-23-6-2-4-21-25(23)32-27(36)30-21/h1-10H,11-16H2,(H,29,31)(H2,30,32,36). The van der Waals surface area contributed by atoms with Gasteiger partial charge in [-0.3, -0.25) is 4.90 Å². The average molecular weight is 496 g/mol. The highest BCUT2D eigenvalue weighted by Crippen LogP contribution is 2.29. The van der Waals surface area contributed by atoms with Crippen LogP contribution in [-0.4, -0.2) is 64.2 Å². The number of nitrogens with one attached hydrogen (secondary N) is 3. The van der Waals surface area contributed by atoms with Crippen LogP contribution in [0, 0.1) is 16.1 Å². The van der Waals surface area contributed by atoms with E-state index in [1.807, 2.05) is 42.5 Å². The Labute approximate surface area is 213 Å². The zero-order chi connectivity index (χ0) is 24.5. The lowest BCUT2D eigenvalue weighted by Gasteiger charge is -2.36. The summed E-state index contributed by atoms with van der Waals surface area (Å²) in [6.07, 6.45) is 0. The molecule has 0 aliphatic carbocycles. The number of anilines is 1. The largest absolute Gasteiger partial charge is 0.490 e. The summed E-state index contributed by atoms with van der Waals surface area (Å²) in [5.74, 6) is 1.64. The number of piperazine rings is 1. The number of benzene rings is 3. The second-order valence-electron chi connectivity index (χ2n) is 8.88. The van der Waals surface area contributed by atoms with Gasteiger partial charge in [-0.05, 0) is 60.7 Å². The van der Waals surface area contributed by atoms with E-state index in [4.69, 9.17) is 27.2 Å². The molecule has 0 unspecified atom stereocenters. The van der Waals surface area contributed by atoms with Gasteiger partial charge in [-0.15, -0.1) is 0 Å². The van der Waals surface area contributed by atoms with Gasteiger partial charge in [0.05, 0.1) is 28.4 Å². The van der Waals surface area contributed by atoms with Crippen molar-refractivity contribution in [2.45, 2.75) is 0 Å². The quantitative estimate of drug-likeness (QED) is 0.292. The smallest absolute Gasteiger partial charge is 0.175 e. The highest BCUT2D eigenvalue weighted by molar-refractivity contribution is 7.71. The Morgan fingerprint density at radius 3 is 2.50 bits per heavy atom. The summed E-state index contributed by atoms with van der Waals surface area (Å²) < 4.78 is 6.68. The molecule has 1 fully saturated rings. The molecule has 36 heavy (non-hydrogen) atoms. The van der Waals surface area contributed by atoms with Crippen LogP contribution in [0.3, 0.4) is 0 Å². The van der Waals surface area contributed by atoms with Gasteiger partial charge in [0.15, 0.2) is 4.77 Å². The molecule has 3 heterocycles. The molecule has 8 nitrogen and oxygen atoms in total. The molecule has 0 saturated carbocycles. The average Bonchev–Trinajstić information content (AvgIpc) is 3.52. The fraction of sp³-hybridized carbons (Fsp3) is 0.222. The van der Waals surface area contributed by atoms with Crippen LogP contribution in [0.4, 0.5) is 5.69 Å². The van der Waals surface area contributed by atoms with Crippen LogP contribution in [0.25, 0.3) is 33.5 Å². The molecule has 1 saturated heterocycles. The maximum Gasteiger partial charge on any atom is 0.175 e. The minimum Gasteiger partial charge on any atom is -0.490 e. The van der Waals surface area contributed by atoms with Gasteiger partial charge >= 0.3 is 0 Å². The summed E-state index contributed by atoms with van der Waals surface area (Å²) >= 11 is 5.21. The molecule has 1 aliphatic rings. The summed E-state index contributed by atoms with van der Waals surface area (Å²) in [5, 5.41) is 9.06. The highest BCUT2D eigenvalue weighted by Gasteiger charge is 2.20. The van der Waals surface area contributed by atoms with Crippen molar-refractivity contribution in [2.24, 2.45) is 0 Å². The van der Waals surface area contributed by atoms with E-state index >= 15 is 0 Å². The van der Waals surface area contributed by atoms with Crippen molar-refractivity contribution in [3.8, 4) is 23.2 Å².